The molecule has 1 aromatic heterocycles. The molecule has 0 unspecified atom stereocenters. The van der Waals surface area contributed by atoms with E-state index in [4.69, 9.17) is 9.15 Å². The number of hydrogen-bond acceptors (Lipinski definition) is 6. The lowest BCUT2D eigenvalue weighted by molar-refractivity contribution is -0.135. The SMILES string of the molecule is Cc1ccc(S(=O)(=O)N[C@@H](C)C(=O)Oc2cc(C)cc3oc(=O)c4c(c23)CCC4)cc1. The molecule has 1 atom stereocenters. The predicted octanol–water partition coefficient (Wildman–Crippen LogP) is 3.17. The highest BCUT2D eigenvalue weighted by molar-refractivity contribution is 7.89. The van der Waals surface area contributed by atoms with Gasteiger partial charge in [-0.2, -0.15) is 4.72 Å². The minimum absolute atomic E-state index is 0.0679. The van der Waals surface area contributed by atoms with E-state index in [0.29, 0.717) is 29.4 Å². The predicted molar refractivity (Wildman–Crippen MR) is 116 cm³/mol. The van der Waals surface area contributed by atoms with Crippen LogP contribution in [0.3, 0.4) is 0 Å². The van der Waals surface area contributed by atoms with Crippen molar-refractivity contribution in [3.63, 3.8) is 0 Å². The van der Waals surface area contributed by atoms with Gasteiger partial charge in [0.1, 0.15) is 17.4 Å². The van der Waals surface area contributed by atoms with Crippen LogP contribution in [0.1, 0.15) is 35.6 Å². The Kier molecular flexibility index (Phi) is 5.45. The molecule has 8 heteroatoms. The Labute approximate surface area is 180 Å². The lowest BCUT2D eigenvalue weighted by Crippen LogP contribution is -2.40. The average Bonchev–Trinajstić information content (AvgIpc) is 3.18. The maximum absolute atomic E-state index is 12.8. The molecule has 162 valence electrons. The molecule has 0 bridgehead atoms. The maximum Gasteiger partial charge on any atom is 0.339 e. The first-order valence-corrected chi connectivity index (χ1v) is 11.5. The highest BCUT2D eigenvalue weighted by atomic mass is 32.2. The zero-order valence-electron chi connectivity index (χ0n) is 17.5. The van der Waals surface area contributed by atoms with Crippen molar-refractivity contribution in [1.29, 1.82) is 0 Å². The number of hydrogen-bond donors (Lipinski definition) is 1. The van der Waals surface area contributed by atoms with Crippen LogP contribution in [0.25, 0.3) is 11.0 Å². The molecule has 1 aliphatic carbocycles. The van der Waals surface area contributed by atoms with Crippen LogP contribution in [0.15, 0.2) is 50.5 Å². The van der Waals surface area contributed by atoms with Crippen molar-refractivity contribution in [2.75, 3.05) is 0 Å². The molecule has 4 rings (SSSR count). The number of fused-ring (bicyclic) bond motifs is 3. The summed E-state index contributed by atoms with van der Waals surface area (Å²) in [4.78, 5) is 25.1. The van der Waals surface area contributed by atoms with Gasteiger partial charge in [-0.15, -0.1) is 0 Å². The Bertz CT molecular complexity index is 1340. The average molecular weight is 442 g/mol. The van der Waals surface area contributed by atoms with Crippen LogP contribution in [-0.2, 0) is 27.7 Å². The molecule has 0 spiro atoms. The number of benzene rings is 2. The molecular formula is C23H23NO6S. The standard InChI is InChI=1S/C23H23NO6S/c1-13-7-9-16(10-8-13)31(27,28)24-15(3)22(25)29-19-11-14(2)12-20-21(19)17-5-4-6-18(17)23(26)30-20/h7-12,15,24H,4-6H2,1-3H3/t15-/m0/s1. The van der Waals surface area contributed by atoms with E-state index in [1.807, 2.05) is 6.92 Å². The molecule has 2 aromatic carbocycles. The zero-order chi connectivity index (χ0) is 22.3. The van der Waals surface area contributed by atoms with Gasteiger partial charge in [-0.05, 0) is 75.4 Å². The van der Waals surface area contributed by atoms with Gasteiger partial charge < -0.3 is 9.15 Å². The summed E-state index contributed by atoms with van der Waals surface area (Å²) in [7, 11) is -3.89. The van der Waals surface area contributed by atoms with Crippen molar-refractivity contribution in [3.05, 3.63) is 69.1 Å². The van der Waals surface area contributed by atoms with E-state index < -0.39 is 22.0 Å². The summed E-state index contributed by atoms with van der Waals surface area (Å²) in [5.74, 6) is -0.483. The summed E-state index contributed by atoms with van der Waals surface area (Å²) < 4.78 is 38.6. The minimum Gasteiger partial charge on any atom is -0.425 e. The van der Waals surface area contributed by atoms with Crippen LogP contribution in [0, 0.1) is 13.8 Å². The molecule has 0 amide bonds. The first-order chi connectivity index (χ1) is 14.7. The van der Waals surface area contributed by atoms with Gasteiger partial charge in [0.05, 0.1) is 10.3 Å². The van der Waals surface area contributed by atoms with Crippen LogP contribution in [0.5, 0.6) is 5.75 Å². The van der Waals surface area contributed by atoms with Gasteiger partial charge in [0, 0.05) is 5.56 Å². The Morgan fingerprint density at radius 3 is 2.45 bits per heavy atom. The van der Waals surface area contributed by atoms with Crippen molar-refractivity contribution in [3.8, 4) is 5.75 Å². The first kappa shape index (κ1) is 21.3. The molecule has 0 fully saturated rings. The second kappa shape index (κ2) is 7.94. The maximum atomic E-state index is 12.8. The van der Waals surface area contributed by atoms with Crippen molar-refractivity contribution < 1.29 is 22.4 Å². The molecule has 0 saturated carbocycles. The van der Waals surface area contributed by atoms with E-state index >= 15 is 0 Å². The lowest BCUT2D eigenvalue weighted by Gasteiger charge is -2.16. The van der Waals surface area contributed by atoms with E-state index in [9.17, 15) is 18.0 Å². The molecule has 31 heavy (non-hydrogen) atoms. The summed E-state index contributed by atoms with van der Waals surface area (Å²) in [5.41, 5.74) is 3.13. The summed E-state index contributed by atoms with van der Waals surface area (Å²) in [6.07, 6.45) is 2.15. The monoisotopic (exact) mass is 441 g/mol. The van der Waals surface area contributed by atoms with E-state index in [0.717, 1.165) is 23.1 Å². The fourth-order valence-corrected chi connectivity index (χ4v) is 5.04. The van der Waals surface area contributed by atoms with Crippen LogP contribution in [0.4, 0.5) is 0 Å². The Morgan fingerprint density at radius 2 is 1.74 bits per heavy atom. The second-order valence-corrected chi connectivity index (χ2v) is 9.63. The van der Waals surface area contributed by atoms with Gasteiger partial charge in [-0.1, -0.05) is 17.7 Å². The van der Waals surface area contributed by atoms with Gasteiger partial charge in [-0.25, -0.2) is 18.0 Å². The summed E-state index contributed by atoms with van der Waals surface area (Å²) in [6.45, 7) is 5.08. The summed E-state index contributed by atoms with van der Waals surface area (Å²) in [6, 6.07) is 8.64. The molecular weight excluding hydrogens is 418 g/mol. The number of sulfonamides is 1. The van der Waals surface area contributed by atoms with Gasteiger partial charge in [0.2, 0.25) is 10.0 Å². The Hall–Kier alpha value is -2.97. The molecule has 0 aliphatic heterocycles. The molecule has 1 aliphatic rings. The van der Waals surface area contributed by atoms with Crippen LogP contribution in [0.2, 0.25) is 0 Å². The number of rotatable bonds is 5. The van der Waals surface area contributed by atoms with Crippen molar-refractivity contribution in [2.45, 2.75) is 51.0 Å². The molecule has 0 radical (unpaired) electrons. The fourth-order valence-electron chi connectivity index (χ4n) is 3.85. The quantitative estimate of drug-likeness (QED) is 0.371. The number of aryl methyl sites for hydroxylation is 3. The number of esters is 1. The van der Waals surface area contributed by atoms with E-state index in [1.165, 1.54) is 19.1 Å². The van der Waals surface area contributed by atoms with Crippen LogP contribution < -0.4 is 15.1 Å². The van der Waals surface area contributed by atoms with Crippen molar-refractivity contribution in [1.82, 2.24) is 4.72 Å². The largest absolute Gasteiger partial charge is 0.425 e. The number of carbonyl (C=O) groups excluding carboxylic acids is 1. The second-order valence-electron chi connectivity index (χ2n) is 7.91. The Morgan fingerprint density at radius 1 is 1.06 bits per heavy atom. The van der Waals surface area contributed by atoms with E-state index in [2.05, 4.69) is 4.72 Å². The van der Waals surface area contributed by atoms with Gasteiger partial charge in [0.15, 0.2) is 0 Å². The first-order valence-electron chi connectivity index (χ1n) is 10.1. The number of nitrogens with one attached hydrogen (secondary N) is 1. The molecule has 1 N–H and O–H groups in total. The third-order valence-electron chi connectivity index (χ3n) is 5.41. The van der Waals surface area contributed by atoms with E-state index in [-0.39, 0.29) is 16.3 Å². The molecule has 0 saturated heterocycles. The van der Waals surface area contributed by atoms with Gasteiger partial charge in [-0.3, -0.25) is 0 Å². The van der Waals surface area contributed by atoms with Crippen molar-refractivity contribution in [2.24, 2.45) is 0 Å². The van der Waals surface area contributed by atoms with Crippen LogP contribution >= 0.6 is 0 Å². The molecule has 7 nitrogen and oxygen atoms in total. The Balaban J connectivity index is 1.63. The topological polar surface area (TPSA) is 103 Å². The number of ether oxygens (including phenoxy) is 1. The third-order valence-corrected chi connectivity index (χ3v) is 6.96. The summed E-state index contributed by atoms with van der Waals surface area (Å²) >= 11 is 0. The van der Waals surface area contributed by atoms with Crippen molar-refractivity contribution >= 4 is 27.0 Å². The normalized spacial score (nSPS) is 14.4. The zero-order valence-corrected chi connectivity index (χ0v) is 18.3. The lowest BCUT2D eigenvalue weighted by atomic mass is 10.0. The fraction of sp³-hybridized carbons (Fsp3) is 0.304. The summed E-state index contributed by atoms with van der Waals surface area (Å²) in [5, 5.41) is 0.597. The highest BCUT2D eigenvalue weighted by Crippen LogP contribution is 2.35. The van der Waals surface area contributed by atoms with E-state index in [1.54, 1.807) is 31.2 Å². The van der Waals surface area contributed by atoms with Crippen LogP contribution in [-0.4, -0.2) is 20.4 Å². The molecule has 1 heterocycles. The minimum atomic E-state index is -3.89. The van der Waals surface area contributed by atoms with Gasteiger partial charge in [0.25, 0.3) is 0 Å². The third kappa shape index (κ3) is 4.13. The van der Waals surface area contributed by atoms with Gasteiger partial charge >= 0.3 is 11.6 Å². The smallest absolute Gasteiger partial charge is 0.339 e. The number of carbonyl (C=O) groups is 1. The molecule has 3 aromatic rings. The highest BCUT2D eigenvalue weighted by Gasteiger charge is 2.27.